The summed E-state index contributed by atoms with van der Waals surface area (Å²) in [5.74, 6) is -0.328. The van der Waals surface area contributed by atoms with Crippen LogP contribution in [-0.4, -0.2) is 48.3 Å². The largest absolute Gasteiger partial charge is 0.387 e. The van der Waals surface area contributed by atoms with E-state index in [-0.39, 0.29) is 28.7 Å². The Balaban J connectivity index is 2.42. The molecule has 0 bridgehead atoms. The van der Waals surface area contributed by atoms with Crippen LogP contribution in [0.4, 0.5) is 4.39 Å². The molecule has 1 unspecified atom stereocenters. The number of allylic oxidation sites excluding steroid dienone is 1. The van der Waals surface area contributed by atoms with Gasteiger partial charge >= 0.3 is 0 Å². The molecule has 160 valence electrons. The van der Waals surface area contributed by atoms with Gasteiger partial charge in [0, 0.05) is 32.2 Å². The molecule has 2 aromatic rings. The van der Waals surface area contributed by atoms with Gasteiger partial charge in [0.1, 0.15) is 10.7 Å². The van der Waals surface area contributed by atoms with Crippen molar-refractivity contribution in [1.82, 2.24) is 14.1 Å². The molecule has 0 aliphatic rings. The van der Waals surface area contributed by atoms with Crippen LogP contribution in [0.25, 0.3) is 0 Å². The van der Waals surface area contributed by atoms with E-state index in [2.05, 4.69) is 10.8 Å². The number of aliphatic hydroxyl groups excluding tert-OH is 1. The number of rotatable bonds is 8. The van der Waals surface area contributed by atoms with E-state index in [0.717, 1.165) is 4.31 Å². The van der Waals surface area contributed by atoms with E-state index in [9.17, 15) is 17.9 Å². The zero-order chi connectivity index (χ0) is 21.9. The summed E-state index contributed by atoms with van der Waals surface area (Å²) >= 11 is 6.22. The van der Waals surface area contributed by atoms with Crippen LogP contribution in [0.2, 0.25) is 5.02 Å². The van der Waals surface area contributed by atoms with E-state index in [0.29, 0.717) is 29.1 Å². The number of aryl methyl sites for hydroxylation is 1. The molecule has 0 fully saturated rings. The van der Waals surface area contributed by atoms with E-state index >= 15 is 0 Å². The van der Waals surface area contributed by atoms with Crippen LogP contribution < -0.4 is 5.73 Å². The third-order valence-electron chi connectivity index (χ3n) is 4.49. The van der Waals surface area contributed by atoms with Crippen molar-refractivity contribution in [1.29, 1.82) is 0 Å². The van der Waals surface area contributed by atoms with Crippen LogP contribution in [-0.2, 0) is 23.0 Å². The molecule has 0 saturated heterocycles. The minimum Gasteiger partial charge on any atom is -0.387 e. The van der Waals surface area contributed by atoms with E-state index in [1.165, 1.54) is 26.2 Å². The third kappa shape index (κ3) is 5.23. The van der Waals surface area contributed by atoms with Gasteiger partial charge in [-0.1, -0.05) is 17.7 Å². The van der Waals surface area contributed by atoms with Gasteiger partial charge in [-0.2, -0.15) is 5.10 Å². The highest BCUT2D eigenvalue weighted by atomic mass is 35.5. The van der Waals surface area contributed by atoms with Crippen LogP contribution in [0.1, 0.15) is 35.5 Å². The summed E-state index contributed by atoms with van der Waals surface area (Å²) < 4.78 is 41.4. The minimum atomic E-state index is -3.65. The zero-order valence-electron chi connectivity index (χ0n) is 17.0. The standard InChI is InChI=1S/C19H26ClFN4O3S/c1-12-16(10-15(21)7-8-22)19(13(2)26)25(23-12)11-14-5-6-18(17(20)9-14)29(27,28)24(3)4/h5-7,9,13,26H,8,10-11,22H2,1-4H3/p+1/b15-7-. The number of quaternary nitrogens is 1. The number of aromatic nitrogens is 2. The highest BCUT2D eigenvalue weighted by molar-refractivity contribution is 7.89. The number of hydrogen-bond donors (Lipinski definition) is 2. The van der Waals surface area contributed by atoms with Crippen molar-refractivity contribution in [3.05, 3.63) is 57.6 Å². The first-order valence-corrected chi connectivity index (χ1v) is 10.9. The molecule has 1 heterocycles. The molecular weight excluding hydrogens is 419 g/mol. The van der Waals surface area contributed by atoms with Crippen LogP contribution in [0.5, 0.6) is 0 Å². The van der Waals surface area contributed by atoms with Crippen molar-refractivity contribution in [2.24, 2.45) is 0 Å². The number of benzene rings is 1. The van der Waals surface area contributed by atoms with Gasteiger partial charge in [-0.3, -0.25) is 4.68 Å². The van der Waals surface area contributed by atoms with Gasteiger partial charge in [0.2, 0.25) is 10.0 Å². The first-order chi connectivity index (χ1) is 13.5. The summed E-state index contributed by atoms with van der Waals surface area (Å²) in [6.07, 6.45) is 0.567. The van der Waals surface area contributed by atoms with Crippen LogP contribution in [0.15, 0.2) is 35.0 Å². The Morgan fingerprint density at radius 1 is 1.45 bits per heavy atom. The first kappa shape index (κ1) is 23.5. The molecule has 2 rings (SSSR count). The van der Waals surface area contributed by atoms with Crippen molar-refractivity contribution in [3.63, 3.8) is 0 Å². The summed E-state index contributed by atoms with van der Waals surface area (Å²) in [5, 5.41) is 14.8. The highest BCUT2D eigenvalue weighted by Crippen LogP contribution is 2.28. The molecule has 0 spiro atoms. The van der Waals surface area contributed by atoms with Gasteiger partial charge in [0.05, 0.1) is 35.6 Å². The molecule has 10 heteroatoms. The fourth-order valence-corrected chi connectivity index (χ4v) is 4.50. The lowest BCUT2D eigenvalue weighted by Crippen LogP contribution is -2.49. The average Bonchev–Trinajstić information content (AvgIpc) is 2.90. The molecule has 0 radical (unpaired) electrons. The number of aliphatic hydroxyl groups is 1. The molecule has 1 aromatic heterocycles. The predicted octanol–water partition coefficient (Wildman–Crippen LogP) is 1.83. The van der Waals surface area contributed by atoms with Crippen molar-refractivity contribution in [2.45, 2.75) is 37.8 Å². The lowest BCUT2D eigenvalue weighted by molar-refractivity contribution is -0.353. The van der Waals surface area contributed by atoms with Crippen molar-refractivity contribution in [3.8, 4) is 0 Å². The van der Waals surface area contributed by atoms with Gasteiger partial charge in [-0.25, -0.2) is 17.1 Å². The summed E-state index contributed by atoms with van der Waals surface area (Å²) in [6, 6.07) is 4.65. The molecule has 1 atom stereocenters. The van der Waals surface area contributed by atoms with Gasteiger partial charge in [0.15, 0.2) is 0 Å². The molecule has 1 aromatic carbocycles. The van der Waals surface area contributed by atoms with E-state index in [1.807, 2.05) is 0 Å². The molecule has 7 nitrogen and oxygen atoms in total. The second kappa shape index (κ2) is 9.36. The minimum absolute atomic E-state index is 0.0152. The quantitative estimate of drug-likeness (QED) is 0.647. The summed E-state index contributed by atoms with van der Waals surface area (Å²) in [7, 11) is -0.784. The Morgan fingerprint density at radius 2 is 2.10 bits per heavy atom. The molecule has 0 amide bonds. The normalized spacial score (nSPS) is 13.9. The molecule has 0 aliphatic carbocycles. The van der Waals surface area contributed by atoms with Crippen LogP contribution in [0, 0.1) is 6.92 Å². The summed E-state index contributed by atoms with van der Waals surface area (Å²) in [5.41, 5.74) is 6.07. The second-order valence-electron chi connectivity index (χ2n) is 6.95. The molecule has 0 saturated carbocycles. The number of sulfonamides is 1. The zero-order valence-corrected chi connectivity index (χ0v) is 18.6. The van der Waals surface area contributed by atoms with E-state index < -0.39 is 16.1 Å². The second-order valence-corrected chi connectivity index (χ2v) is 9.48. The Hall–Kier alpha value is -1.78. The summed E-state index contributed by atoms with van der Waals surface area (Å²) in [6.45, 7) is 3.95. The highest BCUT2D eigenvalue weighted by Gasteiger charge is 2.23. The monoisotopic (exact) mass is 445 g/mol. The Bertz CT molecular complexity index is 1020. The van der Waals surface area contributed by atoms with Crippen molar-refractivity contribution >= 4 is 21.6 Å². The van der Waals surface area contributed by atoms with Crippen molar-refractivity contribution in [2.75, 3.05) is 20.6 Å². The number of halogens is 2. The maximum Gasteiger partial charge on any atom is 0.244 e. The topological polar surface area (TPSA) is 103 Å². The van der Waals surface area contributed by atoms with Gasteiger partial charge in [-0.15, -0.1) is 0 Å². The van der Waals surface area contributed by atoms with Gasteiger partial charge in [-0.05, 0) is 31.5 Å². The van der Waals surface area contributed by atoms with Crippen molar-refractivity contribution < 1.29 is 23.6 Å². The average molecular weight is 446 g/mol. The SMILES string of the molecule is Cc1nn(Cc2ccc(S(=O)(=O)N(C)C)c(Cl)c2)c(C(C)O)c1C/C(F)=C/C[NH3+]. The lowest BCUT2D eigenvalue weighted by atomic mass is 10.1. The van der Waals surface area contributed by atoms with E-state index in [1.54, 1.807) is 30.7 Å². The lowest BCUT2D eigenvalue weighted by Gasteiger charge is -2.15. The van der Waals surface area contributed by atoms with Crippen LogP contribution in [0.3, 0.4) is 0 Å². The van der Waals surface area contributed by atoms with Gasteiger partial charge in [0.25, 0.3) is 0 Å². The third-order valence-corrected chi connectivity index (χ3v) is 6.79. The Morgan fingerprint density at radius 3 is 2.62 bits per heavy atom. The van der Waals surface area contributed by atoms with E-state index in [4.69, 9.17) is 11.6 Å². The Labute approximate surface area is 175 Å². The number of hydrogen-bond acceptors (Lipinski definition) is 4. The fraction of sp³-hybridized carbons (Fsp3) is 0.421. The van der Waals surface area contributed by atoms with Gasteiger partial charge < -0.3 is 10.8 Å². The maximum absolute atomic E-state index is 14.0. The maximum atomic E-state index is 14.0. The molecule has 29 heavy (non-hydrogen) atoms. The fourth-order valence-electron chi connectivity index (χ4n) is 3.06. The number of nitrogens with zero attached hydrogens (tertiary/aromatic N) is 3. The first-order valence-electron chi connectivity index (χ1n) is 9.08. The molecular formula is C19H27ClFN4O3S+. The van der Waals surface area contributed by atoms with Crippen LogP contribution >= 0.6 is 11.6 Å². The Kier molecular flexibility index (Phi) is 7.58. The smallest absolute Gasteiger partial charge is 0.244 e. The molecule has 0 aliphatic heterocycles. The predicted molar refractivity (Wildman–Crippen MR) is 110 cm³/mol. The molecule has 4 N–H and O–H groups in total. The summed E-state index contributed by atoms with van der Waals surface area (Å²) in [4.78, 5) is 0.0152.